The summed E-state index contributed by atoms with van der Waals surface area (Å²) < 4.78 is 41.0. The Morgan fingerprint density at radius 1 is 0.974 bits per heavy atom. The van der Waals surface area contributed by atoms with Crippen LogP contribution in [0.15, 0.2) is 48.5 Å². The Hall–Kier alpha value is -4.47. The molecule has 1 saturated heterocycles. The summed E-state index contributed by atoms with van der Waals surface area (Å²) in [5, 5.41) is 13.5. The number of carbonyl (C=O) groups is 2. The van der Waals surface area contributed by atoms with Crippen LogP contribution < -0.4 is 24.3 Å². The van der Waals surface area contributed by atoms with Gasteiger partial charge in [-0.25, -0.2) is 4.39 Å². The highest BCUT2D eigenvalue weighted by atomic mass is 19.1. The minimum atomic E-state index is -0.666. The molecule has 0 radical (unpaired) electrons. The van der Waals surface area contributed by atoms with Crippen LogP contribution in [0.1, 0.15) is 39.0 Å². The maximum atomic E-state index is 13.4. The zero-order chi connectivity index (χ0) is 26.6. The summed E-state index contributed by atoms with van der Waals surface area (Å²) in [5.74, 6) is -1.62. The van der Waals surface area contributed by atoms with Crippen LogP contribution in [-0.4, -0.2) is 44.6 Å². The number of fused-ring (bicyclic) bond motifs is 3. The van der Waals surface area contributed by atoms with E-state index in [2.05, 4.69) is 5.32 Å². The minimum Gasteiger partial charge on any atom is -0.502 e. The van der Waals surface area contributed by atoms with Crippen molar-refractivity contribution >= 4 is 11.9 Å². The largest absolute Gasteiger partial charge is 0.502 e. The van der Waals surface area contributed by atoms with E-state index in [9.17, 15) is 19.1 Å². The average Bonchev–Trinajstić information content (AvgIpc) is 3.54. The summed E-state index contributed by atoms with van der Waals surface area (Å²) in [5.41, 5.74) is 2.41. The van der Waals surface area contributed by atoms with Crippen molar-refractivity contribution in [1.82, 2.24) is 5.32 Å². The van der Waals surface area contributed by atoms with Gasteiger partial charge in [0.05, 0.1) is 32.8 Å². The van der Waals surface area contributed by atoms with Crippen molar-refractivity contribution in [3.8, 4) is 28.7 Å². The topological polar surface area (TPSA) is 113 Å². The number of carbonyl (C=O) groups excluding carboxylic acids is 2. The number of aromatic hydroxyl groups is 1. The van der Waals surface area contributed by atoms with Gasteiger partial charge in [-0.3, -0.25) is 9.59 Å². The number of hydrogen-bond donors (Lipinski definition) is 2. The van der Waals surface area contributed by atoms with Gasteiger partial charge in [-0.2, -0.15) is 0 Å². The average molecular weight is 521 g/mol. The van der Waals surface area contributed by atoms with E-state index in [1.165, 1.54) is 38.5 Å². The maximum Gasteiger partial charge on any atom is 0.310 e. The molecule has 4 atom stereocenters. The van der Waals surface area contributed by atoms with E-state index in [0.29, 0.717) is 17.1 Å². The fourth-order valence-electron chi connectivity index (χ4n) is 5.67. The van der Waals surface area contributed by atoms with Crippen LogP contribution in [0.5, 0.6) is 28.7 Å². The summed E-state index contributed by atoms with van der Waals surface area (Å²) in [6.45, 7) is 0.139. The lowest BCUT2D eigenvalue weighted by Gasteiger charge is -2.39. The second-order valence-corrected chi connectivity index (χ2v) is 9.36. The Balaban J connectivity index is 1.51. The zero-order valence-corrected chi connectivity index (χ0v) is 20.5. The molecule has 9 nitrogen and oxygen atoms in total. The van der Waals surface area contributed by atoms with Gasteiger partial charge in [0.25, 0.3) is 5.91 Å². The molecule has 1 amide bonds. The van der Waals surface area contributed by atoms with Crippen molar-refractivity contribution in [3.05, 3.63) is 76.6 Å². The van der Waals surface area contributed by atoms with Gasteiger partial charge in [0, 0.05) is 17.4 Å². The number of cyclic esters (lactones) is 1. The Labute approximate surface area is 217 Å². The van der Waals surface area contributed by atoms with Crippen molar-refractivity contribution < 1.29 is 42.8 Å². The molecule has 0 bridgehead atoms. The van der Waals surface area contributed by atoms with E-state index in [0.717, 1.165) is 11.1 Å². The second kappa shape index (κ2) is 9.13. The molecule has 3 aromatic rings. The lowest BCUT2D eigenvalue weighted by atomic mass is 9.65. The fraction of sp³-hybridized carbons (Fsp3) is 0.286. The molecule has 0 aromatic heterocycles. The highest BCUT2D eigenvalue weighted by molar-refractivity contribution is 5.94. The molecule has 2 N–H and O–H groups in total. The Bertz CT molecular complexity index is 1410. The fourth-order valence-corrected chi connectivity index (χ4v) is 5.67. The molecular weight excluding hydrogens is 497 g/mol. The van der Waals surface area contributed by atoms with E-state index in [1.807, 2.05) is 12.1 Å². The standard InChI is InChI=1S/C28H24FNO8/c1-34-21-7-14(8-22(35-2)26(21)31)23-16-9-19-20(38-12-37-19)10-17(16)25(18-11-36-28(33)24(18)23)30-27(32)13-3-5-15(29)6-4-13/h3-10,18,23-25,31H,11-12H2,1-2H3,(H,30,32)/t18-,23+,24-,25+/m0/s1. The number of ether oxygens (including phenoxy) is 5. The number of methoxy groups -OCH3 is 2. The number of rotatable bonds is 5. The molecule has 6 rings (SSSR count). The number of benzene rings is 3. The molecule has 0 unspecified atom stereocenters. The molecule has 2 heterocycles. The first-order valence-electron chi connectivity index (χ1n) is 12.0. The molecule has 0 saturated carbocycles. The summed E-state index contributed by atoms with van der Waals surface area (Å²) in [7, 11) is 2.86. The van der Waals surface area contributed by atoms with Gasteiger partial charge < -0.3 is 34.1 Å². The van der Waals surface area contributed by atoms with Gasteiger partial charge in [0.15, 0.2) is 23.0 Å². The Morgan fingerprint density at radius 3 is 2.24 bits per heavy atom. The van der Waals surface area contributed by atoms with Crippen LogP contribution in [-0.2, 0) is 9.53 Å². The number of nitrogens with one attached hydrogen (secondary N) is 1. The van der Waals surface area contributed by atoms with Crippen molar-refractivity contribution in [2.45, 2.75) is 12.0 Å². The monoisotopic (exact) mass is 521 g/mol. The van der Waals surface area contributed by atoms with Crippen molar-refractivity contribution in [2.75, 3.05) is 27.6 Å². The minimum absolute atomic E-state index is 0.0469. The number of halogens is 1. The molecular formula is C28H24FNO8. The first-order chi connectivity index (χ1) is 18.4. The first-order valence-corrected chi connectivity index (χ1v) is 12.0. The Kier molecular flexibility index (Phi) is 5.74. The summed E-state index contributed by atoms with van der Waals surface area (Å²) >= 11 is 0. The molecule has 1 fully saturated rings. The molecule has 3 aliphatic rings. The highest BCUT2D eigenvalue weighted by Crippen LogP contribution is 2.55. The van der Waals surface area contributed by atoms with Crippen LogP contribution in [0.2, 0.25) is 0 Å². The lowest BCUT2D eigenvalue weighted by molar-refractivity contribution is -0.141. The molecule has 38 heavy (non-hydrogen) atoms. The molecule has 3 aromatic carbocycles. The third-order valence-electron chi connectivity index (χ3n) is 7.44. The van der Waals surface area contributed by atoms with Crippen molar-refractivity contribution in [2.24, 2.45) is 11.8 Å². The van der Waals surface area contributed by atoms with E-state index in [-0.39, 0.29) is 36.2 Å². The van der Waals surface area contributed by atoms with Crippen molar-refractivity contribution in [3.63, 3.8) is 0 Å². The van der Waals surface area contributed by atoms with Crippen LogP contribution in [0.4, 0.5) is 4.39 Å². The molecule has 1 aliphatic carbocycles. The van der Waals surface area contributed by atoms with Gasteiger partial charge in [0.1, 0.15) is 5.82 Å². The number of phenolic OH excluding ortho intramolecular Hbond substituents is 1. The first kappa shape index (κ1) is 23.9. The normalized spacial score (nSPS) is 22.8. The third-order valence-corrected chi connectivity index (χ3v) is 7.44. The predicted octanol–water partition coefficient (Wildman–Crippen LogP) is 3.68. The number of esters is 1. The summed E-state index contributed by atoms with van der Waals surface area (Å²) in [6.07, 6.45) is 0. The van der Waals surface area contributed by atoms with Crippen molar-refractivity contribution in [1.29, 1.82) is 0 Å². The quantitative estimate of drug-likeness (QED) is 0.489. The summed E-state index contributed by atoms with van der Waals surface area (Å²) in [4.78, 5) is 26.4. The van der Waals surface area contributed by atoms with Gasteiger partial charge in [-0.15, -0.1) is 0 Å². The van der Waals surface area contributed by atoms with E-state index < -0.39 is 41.5 Å². The third kappa shape index (κ3) is 3.75. The molecule has 2 aliphatic heterocycles. The zero-order valence-electron chi connectivity index (χ0n) is 20.5. The summed E-state index contributed by atoms with van der Waals surface area (Å²) in [6, 6.07) is 11.6. The molecule has 196 valence electrons. The Morgan fingerprint density at radius 2 is 1.61 bits per heavy atom. The lowest BCUT2D eigenvalue weighted by Crippen LogP contribution is -2.42. The van der Waals surface area contributed by atoms with Gasteiger partial charge in [-0.05, 0) is 65.2 Å². The van der Waals surface area contributed by atoms with E-state index >= 15 is 0 Å². The number of hydrogen-bond acceptors (Lipinski definition) is 8. The highest BCUT2D eigenvalue weighted by Gasteiger charge is 2.53. The van der Waals surface area contributed by atoms with Crippen LogP contribution >= 0.6 is 0 Å². The van der Waals surface area contributed by atoms with Crippen LogP contribution in [0.25, 0.3) is 0 Å². The van der Waals surface area contributed by atoms with E-state index in [4.69, 9.17) is 23.7 Å². The smallest absolute Gasteiger partial charge is 0.310 e. The van der Waals surface area contributed by atoms with Gasteiger partial charge in [0.2, 0.25) is 12.5 Å². The maximum absolute atomic E-state index is 13.4. The number of amides is 1. The van der Waals surface area contributed by atoms with Crippen LogP contribution in [0, 0.1) is 17.7 Å². The van der Waals surface area contributed by atoms with Gasteiger partial charge in [-0.1, -0.05) is 0 Å². The number of phenols is 1. The van der Waals surface area contributed by atoms with Crippen LogP contribution in [0.3, 0.4) is 0 Å². The predicted molar refractivity (Wildman–Crippen MR) is 130 cm³/mol. The SMILES string of the molecule is COc1cc([C@@H]2c3cc4c(cc3[C@@H](NC(=O)c3ccc(F)cc3)[C@H]3COC(=O)[C@H]23)OCO4)cc(OC)c1O. The second-order valence-electron chi connectivity index (χ2n) is 9.36. The molecule has 10 heteroatoms. The molecule has 0 spiro atoms. The van der Waals surface area contributed by atoms with Gasteiger partial charge >= 0.3 is 5.97 Å². The van der Waals surface area contributed by atoms with E-state index in [1.54, 1.807) is 12.1 Å².